The van der Waals surface area contributed by atoms with E-state index in [0.29, 0.717) is 11.6 Å². The predicted molar refractivity (Wildman–Crippen MR) is 75.4 cm³/mol. The summed E-state index contributed by atoms with van der Waals surface area (Å²) in [6.45, 7) is 0.680. The molecule has 0 bridgehead atoms. The van der Waals surface area contributed by atoms with Gasteiger partial charge in [0.2, 0.25) is 0 Å². The van der Waals surface area contributed by atoms with Crippen molar-refractivity contribution in [2.24, 2.45) is 5.73 Å². The van der Waals surface area contributed by atoms with Crippen LogP contribution in [0.15, 0.2) is 22.7 Å². The smallest absolute Gasteiger partial charge is 0.147 e. The highest BCUT2D eigenvalue weighted by atomic mass is 79.9. The van der Waals surface area contributed by atoms with Crippen LogP contribution >= 0.6 is 38.9 Å². The fourth-order valence-electron chi connectivity index (χ4n) is 1.35. The van der Waals surface area contributed by atoms with Crippen molar-refractivity contribution in [1.29, 1.82) is 0 Å². The largest absolute Gasteiger partial charge is 0.330 e. The first kappa shape index (κ1) is 13.0. The Balaban J connectivity index is 2.21. The monoisotopic (exact) mass is 331 g/mol. The topological polar surface area (TPSA) is 51.8 Å². The summed E-state index contributed by atoms with van der Waals surface area (Å²) in [6, 6.07) is 5.78. The Kier molecular flexibility index (Phi) is 4.50. The molecule has 3 nitrogen and oxygen atoms in total. The van der Waals surface area contributed by atoms with E-state index >= 15 is 0 Å². The minimum atomic E-state index is 0.680. The van der Waals surface area contributed by atoms with Crippen LogP contribution in [-0.4, -0.2) is 16.7 Å². The Hall–Kier alpha value is -0.490. The minimum absolute atomic E-state index is 0.680. The molecule has 2 rings (SSSR count). The van der Waals surface area contributed by atoms with E-state index < -0.39 is 0 Å². The molecule has 0 atom stereocenters. The predicted octanol–water partition coefficient (Wildman–Crippen LogP) is 3.51. The van der Waals surface area contributed by atoms with Crippen LogP contribution < -0.4 is 5.73 Å². The summed E-state index contributed by atoms with van der Waals surface area (Å²) >= 11 is 11.0. The third kappa shape index (κ3) is 3.25. The number of halogens is 2. The van der Waals surface area contributed by atoms with Crippen LogP contribution in [-0.2, 0) is 6.42 Å². The van der Waals surface area contributed by atoms with Crippen LogP contribution in [0.3, 0.4) is 0 Å². The average Bonchev–Trinajstić information content (AvgIpc) is 2.79. The van der Waals surface area contributed by atoms with Crippen molar-refractivity contribution in [2.75, 3.05) is 6.54 Å². The van der Waals surface area contributed by atoms with Gasteiger partial charge in [0, 0.05) is 16.5 Å². The zero-order valence-electron chi connectivity index (χ0n) is 8.99. The van der Waals surface area contributed by atoms with E-state index in [4.69, 9.17) is 17.3 Å². The molecule has 17 heavy (non-hydrogen) atoms. The summed E-state index contributed by atoms with van der Waals surface area (Å²) < 4.78 is 0.885. The van der Waals surface area contributed by atoms with Crippen molar-refractivity contribution >= 4 is 38.9 Å². The van der Waals surface area contributed by atoms with Crippen molar-refractivity contribution in [3.05, 3.63) is 32.7 Å². The van der Waals surface area contributed by atoms with Gasteiger partial charge in [0.1, 0.15) is 10.0 Å². The second-order valence-corrected chi connectivity index (χ2v) is 5.85. The van der Waals surface area contributed by atoms with E-state index in [1.165, 1.54) is 0 Å². The molecule has 2 N–H and O–H groups in total. The van der Waals surface area contributed by atoms with Crippen molar-refractivity contribution in [3.8, 4) is 10.6 Å². The summed E-state index contributed by atoms with van der Waals surface area (Å²) in [5.41, 5.74) is 6.46. The number of benzene rings is 1. The molecule has 1 heterocycles. The molecule has 0 aliphatic heterocycles. The quantitative estimate of drug-likeness (QED) is 0.932. The van der Waals surface area contributed by atoms with Crippen LogP contribution in [0.2, 0.25) is 5.02 Å². The van der Waals surface area contributed by atoms with Crippen LogP contribution in [0.1, 0.15) is 11.4 Å². The maximum Gasteiger partial charge on any atom is 0.147 e. The van der Waals surface area contributed by atoms with E-state index in [-0.39, 0.29) is 0 Å². The molecule has 0 unspecified atom stereocenters. The second-order valence-electron chi connectivity index (χ2n) is 3.52. The van der Waals surface area contributed by atoms with Gasteiger partial charge in [0.25, 0.3) is 0 Å². The SMILES string of the molecule is NCCCc1nnc(-c2ccc(Br)c(Cl)c2)s1. The normalized spacial score (nSPS) is 10.8. The summed E-state index contributed by atoms with van der Waals surface area (Å²) in [5, 5.41) is 10.9. The van der Waals surface area contributed by atoms with Gasteiger partial charge >= 0.3 is 0 Å². The molecular formula is C11H11BrClN3S. The number of aryl methyl sites for hydroxylation is 1. The lowest BCUT2D eigenvalue weighted by Gasteiger charge is -1.98. The fraction of sp³-hybridized carbons (Fsp3) is 0.273. The first-order chi connectivity index (χ1) is 8.20. The van der Waals surface area contributed by atoms with E-state index in [0.717, 1.165) is 32.9 Å². The molecule has 0 spiro atoms. The summed E-state index contributed by atoms with van der Waals surface area (Å²) in [7, 11) is 0. The number of nitrogens with zero attached hydrogens (tertiary/aromatic N) is 2. The lowest BCUT2D eigenvalue weighted by molar-refractivity contribution is 0.812. The molecule has 0 radical (unpaired) electrons. The van der Waals surface area contributed by atoms with Gasteiger partial charge in [-0.05, 0) is 41.0 Å². The first-order valence-electron chi connectivity index (χ1n) is 5.18. The lowest BCUT2D eigenvalue weighted by Crippen LogP contribution is -1.99. The zero-order chi connectivity index (χ0) is 12.3. The van der Waals surface area contributed by atoms with E-state index in [9.17, 15) is 0 Å². The van der Waals surface area contributed by atoms with Gasteiger partial charge in [-0.3, -0.25) is 0 Å². The van der Waals surface area contributed by atoms with E-state index in [1.54, 1.807) is 11.3 Å². The Morgan fingerprint density at radius 3 is 2.88 bits per heavy atom. The molecule has 0 saturated heterocycles. The Bertz CT molecular complexity index is 515. The number of nitrogens with two attached hydrogens (primary N) is 1. The molecule has 0 aliphatic rings. The Labute approximate surface area is 117 Å². The lowest BCUT2D eigenvalue weighted by atomic mass is 10.2. The van der Waals surface area contributed by atoms with Crippen molar-refractivity contribution in [3.63, 3.8) is 0 Å². The van der Waals surface area contributed by atoms with Gasteiger partial charge in [-0.2, -0.15) is 0 Å². The van der Waals surface area contributed by atoms with Gasteiger partial charge in [0.05, 0.1) is 5.02 Å². The van der Waals surface area contributed by atoms with Gasteiger partial charge in [-0.1, -0.05) is 29.0 Å². The number of aromatic nitrogens is 2. The molecular weight excluding hydrogens is 322 g/mol. The minimum Gasteiger partial charge on any atom is -0.330 e. The highest BCUT2D eigenvalue weighted by Crippen LogP contribution is 2.30. The van der Waals surface area contributed by atoms with Crippen LogP contribution in [0.25, 0.3) is 10.6 Å². The van der Waals surface area contributed by atoms with E-state index in [2.05, 4.69) is 26.1 Å². The van der Waals surface area contributed by atoms with Crippen LogP contribution in [0, 0.1) is 0 Å². The fourth-order valence-corrected chi connectivity index (χ4v) is 2.66. The number of rotatable bonds is 4. The molecule has 0 saturated carbocycles. The second kappa shape index (κ2) is 5.91. The van der Waals surface area contributed by atoms with Crippen molar-refractivity contribution in [1.82, 2.24) is 10.2 Å². The van der Waals surface area contributed by atoms with Gasteiger partial charge in [-0.25, -0.2) is 0 Å². The summed E-state index contributed by atoms with van der Waals surface area (Å²) in [6.07, 6.45) is 1.83. The Morgan fingerprint density at radius 2 is 2.18 bits per heavy atom. The average molecular weight is 333 g/mol. The first-order valence-corrected chi connectivity index (χ1v) is 7.17. The Morgan fingerprint density at radius 1 is 1.35 bits per heavy atom. The van der Waals surface area contributed by atoms with Crippen LogP contribution in [0.5, 0.6) is 0 Å². The van der Waals surface area contributed by atoms with Crippen molar-refractivity contribution < 1.29 is 0 Å². The van der Waals surface area contributed by atoms with Crippen LogP contribution in [0.4, 0.5) is 0 Å². The number of hydrogen-bond acceptors (Lipinski definition) is 4. The summed E-state index contributed by atoms with van der Waals surface area (Å²) in [4.78, 5) is 0. The van der Waals surface area contributed by atoms with E-state index in [1.807, 2.05) is 18.2 Å². The van der Waals surface area contributed by atoms with Gasteiger partial charge in [-0.15, -0.1) is 10.2 Å². The van der Waals surface area contributed by atoms with Gasteiger partial charge in [0.15, 0.2) is 0 Å². The molecule has 0 aliphatic carbocycles. The zero-order valence-corrected chi connectivity index (χ0v) is 12.1. The molecule has 2 aromatic rings. The molecule has 90 valence electrons. The number of hydrogen-bond donors (Lipinski definition) is 1. The molecule has 6 heteroatoms. The highest BCUT2D eigenvalue weighted by Gasteiger charge is 2.08. The van der Waals surface area contributed by atoms with Crippen molar-refractivity contribution in [2.45, 2.75) is 12.8 Å². The standard InChI is InChI=1S/C11H11BrClN3S/c12-8-4-3-7(6-9(8)13)11-16-15-10(17-11)2-1-5-14/h3-4,6H,1-2,5,14H2. The summed E-state index contributed by atoms with van der Waals surface area (Å²) in [5.74, 6) is 0. The molecule has 0 amide bonds. The third-order valence-electron chi connectivity index (χ3n) is 2.23. The molecule has 1 aromatic heterocycles. The highest BCUT2D eigenvalue weighted by molar-refractivity contribution is 9.10. The molecule has 1 aromatic carbocycles. The maximum atomic E-state index is 6.05. The third-order valence-corrected chi connectivity index (χ3v) is 4.49. The molecule has 0 fully saturated rings. The maximum absolute atomic E-state index is 6.05. The van der Waals surface area contributed by atoms with Gasteiger partial charge < -0.3 is 5.73 Å².